The second kappa shape index (κ2) is 6.58. The summed E-state index contributed by atoms with van der Waals surface area (Å²) in [6.07, 6.45) is 0. The minimum atomic E-state index is -0.0253. The summed E-state index contributed by atoms with van der Waals surface area (Å²) in [6, 6.07) is 13.1. The molecule has 0 saturated heterocycles. The van der Waals surface area contributed by atoms with Crippen molar-refractivity contribution >= 4 is 55.8 Å². The largest absolute Gasteiger partial charge is 0.399 e. The zero-order chi connectivity index (χ0) is 14.7. The van der Waals surface area contributed by atoms with E-state index < -0.39 is 0 Å². The zero-order valence-corrected chi connectivity index (χ0v) is 14.7. The van der Waals surface area contributed by atoms with Crippen molar-refractivity contribution in [2.45, 2.75) is 6.92 Å². The molecule has 20 heavy (non-hydrogen) atoms. The third kappa shape index (κ3) is 3.32. The minimum absolute atomic E-state index is 0.0253. The molecule has 2 N–H and O–H groups in total. The first kappa shape index (κ1) is 15.3. The number of halogens is 2. The standard InChI is InChI=1S/C15H14BrIN2O/c1-2-19(12-6-4-11(18)5-7-12)15(20)13-9-10(17)3-8-14(13)16/h3-9H,2,18H2,1H3. The van der Waals surface area contributed by atoms with Crippen molar-refractivity contribution in [3.63, 3.8) is 0 Å². The quantitative estimate of drug-likeness (QED) is 0.566. The maximum absolute atomic E-state index is 12.7. The highest BCUT2D eigenvalue weighted by molar-refractivity contribution is 14.1. The molecule has 5 heteroatoms. The maximum atomic E-state index is 12.7. The first-order chi connectivity index (χ1) is 9.52. The van der Waals surface area contributed by atoms with E-state index in [-0.39, 0.29) is 5.91 Å². The highest BCUT2D eigenvalue weighted by atomic mass is 127. The van der Waals surface area contributed by atoms with Gasteiger partial charge in [-0.25, -0.2) is 0 Å². The van der Waals surface area contributed by atoms with Crippen molar-refractivity contribution in [1.82, 2.24) is 0 Å². The van der Waals surface area contributed by atoms with Gasteiger partial charge in [-0.1, -0.05) is 0 Å². The summed E-state index contributed by atoms with van der Waals surface area (Å²) in [5, 5.41) is 0. The fourth-order valence-corrected chi connectivity index (χ4v) is 2.81. The van der Waals surface area contributed by atoms with Crippen LogP contribution >= 0.6 is 38.5 Å². The van der Waals surface area contributed by atoms with E-state index in [1.807, 2.05) is 37.3 Å². The van der Waals surface area contributed by atoms with E-state index >= 15 is 0 Å². The predicted molar refractivity (Wildman–Crippen MR) is 95.1 cm³/mol. The van der Waals surface area contributed by atoms with Crippen LogP contribution in [0.15, 0.2) is 46.9 Å². The Balaban J connectivity index is 2.38. The number of benzene rings is 2. The molecule has 0 radical (unpaired) electrons. The number of carbonyl (C=O) groups excluding carboxylic acids is 1. The smallest absolute Gasteiger partial charge is 0.259 e. The number of nitrogen functional groups attached to an aromatic ring is 1. The fourth-order valence-electron chi connectivity index (χ4n) is 1.90. The van der Waals surface area contributed by atoms with E-state index in [2.05, 4.69) is 38.5 Å². The lowest BCUT2D eigenvalue weighted by atomic mass is 10.1. The van der Waals surface area contributed by atoms with Crippen LogP contribution in [0.3, 0.4) is 0 Å². The minimum Gasteiger partial charge on any atom is -0.399 e. The molecule has 2 aromatic rings. The van der Waals surface area contributed by atoms with Gasteiger partial charge in [-0.3, -0.25) is 4.79 Å². The number of hydrogen-bond acceptors (Lipinski definition) is 2. The summed E-state index contributed by atoms with van der Waals surface area (Å²) in [5.74, 6) is -0.0253. The fraction of sp³-hybridized carbons (Fsp3) is 0.133. The van der Waals surface area contributed by atoms with Crippen LogP contribution in [-0.4, -0.2) is 12.5 Å². The first-order valence-corrected chi connectivity index (χ1v) is 8.02. The molecule has 1 amide bonds. The van der Waals surface area contributed by atoms with Gasteiger partial charge < -0.3 is 10.6 Å². The van der Waals surface area contributed by atoms with Gasteiger partial charge in [0.15, 0.2) is 0 Å². The van der Waals surface area contributed by atoms with E-state index in [9.17, 15) is 4.79 Å². The van der Waals surface area contributed by atoms with E-state index in [0.717, 1.165) is 13.7 Å². The first-order valence-electron chi connectivity index (χ1n) is 6.15. The molecule has 2 aromatic carbocycles. The van der Waals surface area contributed by atoms with Crippen LogP contribution in [0.2, 0.25) is 0 Å². The van der Waals surface area contributed by atoms with Gasteiger partial charge in [0.2, 0.25) is 0 Å². The topological polar surface area (TPSA) is 46.3 Å². The molecule has 2 rings (SSSR count). The Morgan fingerprint density at radius 3 is 2.50 bits per heavy atom. The zero-order valence-electron chi connectivity index (χ0n) is 10.9. The van der Waals surface area contributed by atoms with Gasteiger partial charge in [0.25, 0.3) is 5.91 Å². The van der Waals surface area contributed by atoms with Gasteiger partial charge in [-0.15, -0.1) is 0 Å². The summed E-state index contributed by atoms with van der Waals surface area (Å²) in [6.45, 7) is 2.55. The molecular weight excluding hydrogens is 431 g/mol. The highest BCUT2D eigenvalue weighted by Gasteiger charge is 2.18. The van der Waals surface area contributed by atoms with Gasteiger partial charge >= 0.3 is 0 Å². The molecule has 0 spiro atoms. The summed E-state index contributed by atoms with van der Waals surface area (Å²) in [4.78, 5) is 14.4. The Morgan fingerprint density at radius 2 is 1.90 bits per heavy atom. The molecule has 0 atom stereocenters. The lowest BCUT2D eigenvalue weighted by Gasteiger charge is -2.22. The third-order valence-electron chi connectivity index (χ3n) is 2.92. The average molecular weight is 445 g/mol. The Bertz CT molecular complexity index is 628. The number of anilines is 2. The molecule has 104 valence electrons. The molecule has 0 heterocycles. The van der Waals surface area contributed by atoms with Crippen LogP contribution in [0.5, 0.6) is 0 Å². The van der Waals surface area contributed by atoms with Gasteiger partial charge in [-0.05, 0) is 87.9 Å². The SMILES string of the molecule is CCN(C(=O)c1cc(I)ccc1Br)c1ccc(N)cc1. The number of rotatable bonds is 3. The molecule has 0 aliphatic heterocycles. The monoisotopic (exact) mass is 444 g/mol. The summed E-state index contributed by atoms with van der Waals surface area (Å²) in [7, 11) is 0. The number of hydrogen-bond donors (Lipinski definition) is 1. The van der Waals surface area contributed by atoms with E-state index in [1.165, 1.54) is 0 Å². The van der Waals surface area contributed by atoms with Crippen LogP contribution in [0.1, 0.15) is 17.3 Å². The molecule has 0 saturated carbocycles. The Labute approximate surface area is 140 Å². The Hall–Kier alpha value is -1.08. The molecule has 0 aromatic heterocycles. The molecule has 0 bridgehead atoms. The predicted octanol–water partition coefficient (Wildman–Crippen LogP) is 4.30. The Kier molecular flexibility index (Phi) is 5.04. The van der Waals surface area contributed by atoms with Crippen molar-refractivity contribution in [3.8, 4) is 0 Å². The second-order valence-electron chi connectivity index (χ2n) is 4.27. The second-order valence-corrected chi connectivity index (χ2v) is 6.37. The summed E-state index contributed by atoms with van der Waals surface area (Å²) < 4.78 is 1.83. The maximum Gasteiger partial charge on any atom is 0.259 e. The van der Waals surface area contributed by atoms with Crippen LogP contribution in [0.4, 0.5) is 11.4 Å². The van der Waals surface area contributed by atoms with Crippen molar-refractivity contribution in [2.24, 2.45) is 0 Å². The number of carbonyl (C=O) groups is 1. The van der Waals surface area contributed by atoms with Gasteiger partial charge in [0, 0.05) is 26.0 Å². The van der Waals surface area contributed by atoms with Crippen molar-refractivity contribution in [3.05, 3.63) is 56.1 Å². The number of amides is 1. The van der Waals surface area contributed by atoms with E-state index in [0.29, 0.717) is 17.8 Å². The van der Waals surface area contributed by atoms with Crippen LogP contribution in [0, 0.1) is 3.57 Å². The van der Waals surface area contributed by atoms with E-state index in [4.69, 9.17) is 5.73 Å². The van der Waals surface area contributed by atoms with Crippen molar-refractivity contribution in [2.75, 3.05) is 17.2 Å². The van der Waals surface area contributed by atoms with Crippen molar-refractivity contribution in [1.29, 1.82) is 0 Å². The van der Waals surface area contributed by atoms with Gasteiger partial charge in [0.05, 0.1) is 5.56 Å². The average Bonchev–Trinajstić information content (AvgIpc) is 2.44. The van der Waals surface area contributed by atoms with Crippen LogP contribution < -0.4 is 10.6 Å². The highest BCUT2D eigenvalue weighted by Crippen LogP contribution is 2.24. The van der Waals surface area contributed by atoms with Gasteiger partial charge in [-0.2, -0.15) is 0 Å². The molecule has 0 aliphatic rings. The summed E-state index contributed by atoms with van der Waals surface area (Å²) >= 11 is 5.64. The molecule has 0 aliphatic carbocycles. The lowest BCUT2D eigenvalue weighted by molar-refractivity contribution is 0.0987. The molecule has 3 nitrogen and oxygen atoms in total. The molecule has 0 unspecified atom stereocenters. The Morgan fingerprint density at radius 1 is 1.25 bits per heavy atom. The van der Waals surface area contributed by atoms with Crippen LogP contribution in [-0.2, 0) is 0 Å². The molecule has 0 fully saturated rings. The normalized spacial score (nSPS) is 10.3. The molecular formula is C15H14BrIN2O. The van der Waals surface area contributed by atoms with Gasteiger partial charge in [0.1, 0.15) is 0 Å². The van der Waals surface area contributed by atoms with E-state index in [1.54, 1.807) is 17.0 Å². The van der Waals surface area contributed by atoms with Crippen molar-refractivity contribution < 1.29 is 4.79 Å². The number of nitrogens with two attached hydrogens (primary N) is 1. The summed E-state index contributed by atoms with van der Waals surface area (Å²) in [5.41, 5.74) is 7.88. The number of nitrogens with zero attached hydrogens (tertiary/aromatic N) is 1. The third-order valence-corrected chi connectivity index (χ3v) is 4.29. The van der Waals surface area contributed by atoms with Crippen LogP contribution in [0.25, 0.3) is 0 Å². The lowest BCUT2D eigenvalue weighted by Crippen LogP contribution is -2.30.